The Morgan fingerprint density at radius 3 is 2.50 bits per heavy atom. The Labute approximate surface area is 71.8 Å². The Morgan fingerprint density at radius 2 is 2.17 bits per heavy atom. The number of hydrogen-bond donors (Lipinski definition) is 2. The molecule has 0 aromatic rings. The molecule has 0 fully saturated rings. The van der Waals surface area contributed by atoms with Crippen molar-refractivity contribution in [3.63, 3.8) is 0 Å². The van der Waals surface area contributed by atoms with Gasteiger partial charge in [0, 0.05) is 13.1 Å². The molecule has 0 unspecified atom stereocenters. The highest BCUT2D eigenvalue weighted by Crippen LogP contribution is 1.93. The first kappa shape index (κ1) is 10.6. The van der Waals surface area contributed by atoms with Crippen molar-refractivity contribution in [2.75, 3.05) is 7.05 Å². The molecule has 68 valence electrons. The summed E-state index contributed by atoms with van der Waals surface area (Å²) in [5.41, 5.74) is 5.27. The second-order valence-corrected chi connectivity index (χ2v) is 2.65. The van der Waals surface area contributed by atoms with Gasteiger partial charge in [-0.25, -0.2) is 4.99 Å². The van der Waals surface area contributed by atoms with E-state index in [0.717, 1.165) is 6.34 Å². The monoisotopic (exact) mass is 170 g/mol. The Balaban J connectivity index is 4.39. The Kier molecular flexibility index (Phi) is 3.96. The molecule has 3 N–H and O–H groups in total. The highest BCUT2D eigenvalue weighted by atomic mass is 16.2. The van der Waals surface area contributed by atoms with Gasteiger partial charge >= 0.3 is 0 Å². The summed E-state index contributed by atoms with van der Waals surface area (Å²) < 4.78 is 0. The molecule has 0 aromatic heterocycles. The van der Waals surface area contributed by atoms with Crippen molar-refractivity contribution in [1.29, 1.82) is 5.41 Å². The highest BCUT2D eigenvalue weighted by Gasteiger charge is 2.14. The number of nitrogens with zero attached hydrogens (tertiary/aromatic N) is 2. The summed E-state index contributed by atoms with van der Waals surface area (Å²) in [5.74, 6) is -0.505. The Hall–Kier alpha value is -1.39. The predicted octanol–water partition coefficient (Wildman–Crippen LogP) is -0.183. The molecule has 0 atom stereocenters. The van der Waals surface area contributed by atoms with E-state index in [-0.39, 0.29) is 17.8 Å². The lowest BCUT2D eigenvalue weighted by Gasteiger charge is -2.20. The van der Waals surface area contributed by atoms with Crippen LogP contribution in [0, 0.1) is 5.41 Å². The Bertz CT molecular complexity index is 209. The summed E-state index contributed by atoms with van der Waals surface area (Å²) in [7, 11) is 1.64. The molecule has 0 radical (unpaired) electrons. The number of carbonyl (C=O) groups is 1. The van der Waals surface area contributed by atoms with Crippen LogP contribution in [-0.4, -0.2) is 36.1 Å². The fourth-order valence-electron chi connectivity index (χ4n) is 0.540. The third-order valence-electron chi connectivity index (χ3n) is 1.52. The van der Waals surface area contributed by atoms with Gasteiger partial charge in [-0.05, 0) is 13.8 Å². The van der Waals surface area contributed by atoms with Gasteiger partial charge in [-0.3, -0.25) is 10.2 Å². The topological polar surface area (TPSA) is 82.5 Å². The van der Waals surface area contributed by atoms with E-state index in [4.69, 9.17) is 11.1 Å². The molecule has 0 bridgehead atoms. The van der Waals surface area contributed by atoms with Gasteiger partial charge in [-0.1, -0.05) is 0 Å². The van der Waals surface area contributed by atoms with Crippen molar-refractivity contribution in [2.45, 2.75) is 19.9 Å². The fraction of sp³-hybridized carbons (Fsp3) is 0.571. The number of nitrogens with one attached hydrogen (secondary N) is 1. The minimum Gasteiger partial charge on any atom is -0.379 e. The van der Waals surface area contributed by atoms with Crippen LogP contribution in [0.4, 0.5) is 0 Å². The van der Waals surface area contributed by atoms with Crippen LogP contribution in [0.1, 0.15) is 13.8 Å². The quantitative estimate of drug-likeness (QED) is 0.445. The molecule has 0 spiro atoms. The number of amidine groups is 1. The van der Waals surface area contributed by atoms with Gasteiger partial charge in [0.15, 0.2) is 5.84 Å². The number of aliphatic imine (C=N–C) groups is 1. The summed E-state index contributed by atoms with van der Waals surface area (Å²) in [4.78, 5) is 16.1. The molecule has 5 nitrogen and oxygen atoms in total. The largest absolute Gasteiger partial charge is 0.379 e. The lowest BCUT2D eigenvalue weighted by Crippen LogP contribution is -2.41. The lowest BCUT2D eigenvalue weighted by atomic mass is 10.3. The first-order chi connectivity index (χ1) is 5.50. The van der Waals surface area contributed by atoms with Crippen molar-refractivity contribution in [3.8, 4) is 0 Å². The van der Waals surface area contributed by atoms with Crippen LogP contribution in [0.25, 0.3) is 0 Å². The molecule has 0 heterocycles. The van der Waals surface area contributed by atoms with E-state index in [0.29, 0.717) is 0 Å². The summed E-state index contributed by atoms with van der Waals surface area (Å²) in [6.45, 7) is 3.74. The zero-order valence-corrected chi connectivity index (χ0v) is 7.53. The SMILES string of the molecule is CC(C)N(C)C(=O)C(N)=NC=N. The van der Waals surface area contributed by atoms with Crippen molar-refractivity contribution >= 4 is 18.1 Å². The summed E-state index contributed by atoms with van der Waals surface area (Å²) in [6, 6.07) is 0.0805. The maximum absolute atomic E-state index is 11.2. The first-order valence-electron chi connectivity index (χ1n) is 3.60. The van der Waals surface area contributed by atoms with Gasteiger partial charge in [0.05, 0.1) is 0 Å². The number of rotatable bonds is 2. The molecule has 0 saturated heterocycles. The summed E-state index contributed by atoms with van der Waals surface area (Å²) in [5, 5.41) is 6.61. The highest BCUT2D eigenvalue weighted by molar-refractivity contribution is 6.38. The van der Waals surface area contributed by atoms with Gasteiger partial charge in [-0.15, -0.1) is 0 Å². The van der Waals surface area contributed by atoms with Crippen LogP contribution in [0.2, 0.25) is 0 Å². The molecule has 0 aliphatic rings. The van der Waals surface area contributed by atoms with Crippen LogP contribution < -0.4 is 5.73 Å². The van der Waals surface area contributed by atoms with E-state index in [2.05, 4.69) is 4.99 Å². The predicted molar refractivity (Wildman–Crippen MR) is 48.3 cm³/mol. The first-order valence-corrected chi connectivity index (χ1v) is 3.60. The zero-order chi connectivity index (χ0) is 9.72. The summed E-state index contributed by atoms with van der Waals surface area (Å²) >= 11 is 0. The molecule has 0 saturated carbocycles. The number of amides is 1. The molecule has 0 aliphatic carbocycles. The third-order valence-corrected chi connectivity index (χ3v) is 1.52. The second-order valence-electron chi connectivity index (χ2n) is 2.65. The Morgan fingerprint density at radius 1 is 1.67 bits per heavy atom. The maximum atomic E-state index is 11.2. The van der Waals surface area contributed by atoms with E-state index in [1.54, 1.807) is 7.05 Å². The molecule has 12 heavy (non-hydrogen) atoms. The van der Waals surface area contributed by atoms with E-state index >= 15 is 0 Å². The van der Waals surface area contributed by atoms with Crippen molar-refractivity contribution < 1.29 is 4.79 Å². The average molecular weight is 170 g/mol. The van der Waals surface area contributed by atoms with Gasteiger partial charge in [-0.2, -0.15) is 0 Å². The van der Waals surface area contributed by atoms with Crippen LogP contribution in [0.5, 0.6) is 0 Å². The third kappa shape index (κ3) is 2.69. The molecule has 0 aromatic carbocycles. The molecule has 1 amide bonds. The van der Waals surface area contributed by atoms with E-state index < -0.39 is 0 Å². The van der Waals surface area contributed by atoms with Crippen LogP contribution in [-0.2, 0) is 4.79 Å². The smallest absolute Gasteiger partial charge is 0.289 e. The van der Waals surface area contributed by atoms with Crippen LogP contribution >= 0.6 is 0 Å². The normalized spacial score (nSPS) is 11.5. The number of hydrogen-bond acceptors (Lipinski definition) is 2. The minimum atomic E-state index is -0.353. The number of carbonyl (C=O) groups excluding carboxylic acids is 1. The van der Waals surface area contributed by atoms with Gasteiger partial charge < -0.3 is 10.6 Å². The lowest BCUT2D eigenvalue weighted by molar-refractivity contribution is -0.124. The van der Waals surface area contributed by atoms with Crippen molar-refractivity contribution in [3.05, 3.63) is 0 Å². The molecular formula is C7H14N4O. The van der Waals surface area contributed by atoms with Gasteiger partial charge in [0.25, 0.3) is 5.91 Å². The standard InChI is InChI=1S/C7H14N4O/c1-5(2)11(3)7(12)6(9)10-4-8/h4-5H,1-3H3,(H3,8,9,10). The maximum Gasteiger partial charge on any atom is 0.289 e. The molecule has 0 aliphatic heterocycles. The number of likely N-dealkylation sites (N-methyl/N-ethyl adjacent to an activating group) is 1. The number of nitrogens with two attached hydrogens (primary N) is 1. The minimum absolute atomic E-state index is 0.0805. The van der Waals surface area contributed by atoms with E-state index in [1.807, 2.05) is 13.8 Å². The van der Waals surface area contributed by atoms with E-state index in [9.17, 15) is 4.79 Å². The van der Waals surface area contributed by atoms with Crippen molar-refractivity contribution in [2.24, 2.45) is 10.7 Å². The average Bonchev–Trinajstić information content (AvgIpc) is 2.02. The molecule has 5 heteroatoms. The van der Waals surface area contributed by atoms with Crippen molar-refractivity contribution in [1.82, 2.24) is 4.90 Å². The second kappa shape index (κ2) is 4.48. The molecular weight excluding hydrogens is 156 g/mol. The molecule has 0 rings (SSSR count). The van der Waals surface area contributed by atoms with Crippen LogP contribution in [0.3, 0.4) is 0 Å². The van der Waals surface area contributed by atoms with Crippen LogP contribution in [0.15, 0.2) is 4.99 Å². The fourth-order valence-corrected chi connectivity index (χ4v) is 0.540. The zero-order valence-electron chi connectivity index (χ0n) is 7.53. The van der Waals surface area contributed by atoms with Gasteiger partial charge in [0.2, 0.25) is 0 Å². The van der Waals surface area contributed by atoms with E-state index in [1.165, 1.54) is 4.90 Å². The summed E-state index contributed by atoms with van der Waals surface area (Å²) in [6.07, 6.45) is 0.751. The van der Waals surface area contributed by atoms with Gasteiger partial charge in [0.1, 0.15) is 6.34 Å².